The lowest BCUT2D eigenvalue weighted by Crippen LogP contribution is -2.23. The highest BCUT2D eigenvalue weighted by Gasteiger charge is 2.15. The van der Waals surface area contributed by atoms with Gasteiger partial charge >= 0.3 is 5.97 Å². The minimum atomic E-state index is -0.554. The van der Waals surface area contributed by atoms with E-state index in [4.69, 9.17) is 11.6 Å². The van der Waals surface area contributed by atoms with Crippen LogP contribution in [-0.2, 0) is 27.3 Å². The highest BCUT2D eigenvalue weighted by atomic mass is 35.5. The van der Waals surface area contributed by atoms with E-state index >= 15 is 0 Å². The molecule has 3 rings (SSSR count). The summed E-state index contributed by atoms with van der Waals surface area (Å²) in [7, 11) is 1.25. The van der Waals surface area contributed by atoms with Gasteiger partial charge in [-0.05, 0) is 24.3 Å². The molecule has 0 bridgehead atoms. The second-order valence-corrected chi connectivity index (χ2v) is 7.83. The first-order valence-electron chi connectivity index (χ1n) is 7.14. The van der Waals surface area contributed by atoms with Crippen LogP contribution in [0.2, 0.25) is 4.34 Å². The van der Waals surface area contributed by atoms with Gasteiger partial charge in [-0.1, -0.05) is 29.0 Å². The summed E-state index contributed by atoms with van der Waals surface area (Å²) in [6.45, 7) is -0.228. The molecule has 3 aromatic rings. The second-order valence-electron chi connectivity index (χ2n) is 5.02. The quantitative estimate of drug-likeness (QED) is 0.633. The van der Waals surface area contributed by atoms with Crippen LogP contribution in [0.25, 0.3) is 10.2 Å². The van der Waals surface area contributed by atoms with Gasteiger partial charge in [-0.25, -0.2) is 4.39 Å². The molecule has 0 aliphatic rings. The predicted molar refractivity (Wildman–Crippen MR) is 95.4 cm³/mol. The van der Waals surface area contributed by atoms with Crippen molar-refractivity contribution in [3.63, 3.8) is 0 Å². The standard InChI is InChI=1S/C16H12ClFN2O3S2/c1-23-14(22)8-20-15-10(18)3-2-4-11(15)25-16(20)19-13(21)7-9-5-6-12(17)24-9/h2-6H,7-8H2,1H3. The molecule has 0 saturated carbocycles. The van der Waals surface area contributed by atoms with Crippen molar-refractivity contribution in [3.8, 4) is 0 Å². The SMILES string of the molecule is COC(=O)Cn1c(=NC(=O)Cc2ccc(Cl)s2)sc2cccc(F)c21. The molecule has 9 heteroatoms. The number of hydrogen-bond acceptors (Lipinski definition) is 5. The van der Waals surface area contributed by atoms with Gasteiger partial charge in [-0.15, -0.1) is 11.3 Å². The number of halogens is 2. The van der Waals surface area contributed by atoms with Gasteiger partial charge in [0, 0.05) is 4.88 Å². The summed E-state index contributed by atoms with van der Waals surface area (Å²) in [5.41, 5.74) is 0.226. The number of esters is 1. The topological polar surface area (TPSA) is 60.7 Å². The lowest BCUT2D eigenvalue weighted by Gasteiger charge is -2.04. The maximum absolute atomic E-state index is 14.2. The van der Waals surface area contributed by atoms with Gasteiger partial charge in [0.15, 0.2) is 4.80 Å². The van der Waals surface area contributed by atoms with E-state index in [0.29, 0.717) is 9.04 Å². The molecular weight excluding hydrogens is 387 g/mol. The molecule has 0 fully saturated rings. The number of aromatic nitrogens is 1. The van der Waals surface area contributed by atoms with E-state index in [1.165, 1.54) is 29.1 Å². The van der Waals surface area contributed by atoms with Crippen molar-refractivity contribution >= 4 is 56.4 Å². The first-order valence-corrected chi connectivity index (χ1v) is 9.15. The number of carbonyl (C=O) groups excluding carboxylic acids is 2. The largest absolute Gasteiger partial charge is 0.468 e. The number of nitrogens with zero attached hydrogens (tertiary/aromatic N) is 2. The Morgan fingerprint density at radius 1 is 1.28 bits per heavy atom. The summed E-state index contributed by atoms with van der Waals surface area (Å²) in [6, 6.07) is 8.03. The zero-order chi connectivity index (χ0) is 18.0. The number of thiophene rings is 1. The molecule has 1 amide bonds. The van der Waals surface area contributed by atoms with Crippen LogP contribution in [0.15, 0.2) is 35.3 Å². The maximum Gasteiger partial charge on any atom is 0.325 e. The van der Waals surface area contributed by atoms with E-state index in [-0.39, 0.29) is 23.3 Å². The molecule has 2 heterocycles. The van der Waals surface area contributed by atoms with Crippen LogP contribution < -0.4 is 4.80 Å². The van der Waals surface area contributed by atoms with Gasteiger partial charge in [-0.3, -0.25) is 9.59 Å². The summed E-state index contributed by atoms with van der Waals surface area (Å²) in [6.07, 6.45) is 0.0896. The highest BCUT2D eigenvalue weighted by Crippen LogP contribution is 2.22. The van der Waals surface area contributed by atoms with Crippen LogP contribution in [0.4, 0.5) is 4.39 Å². The molecule has 0 aliphatic carbocycles. The van der Waals surface area contributed by atoms with E-state index in [9.17, 15) is 14.0 Å². The lowest BCUT2D eigenvalue weighted by atomic mass is 10.3. The lowest BCUT2D eigenvalue weighted by molar-refractivity contribution is -0.141. The third-order valence-electron chi connectivity index (χ3n) is 3.34. The van der Waals surface area contributed by atoms with E-state index in [1.807, 2.05) is 0 Å². The zero-order valence-electron chi connectivity index (χ0n) is 13.0. The fourth-order valence-electron chi connectivity index (χ4n) is 2.25. The van der Waals surface area contributed by atoms with E-state index in [0.717, 1.165) is 16.2 Å². The maximum atomic E-state index is 14.2. The van der Waals surface area contributed by atoms with E-state index < -0.39 is 17.7 Å². The number of rotatable bonds is 4. The van der Waals surface area contributed by atoms with Crippen LogP contribution in [-0.4, -0.2) is 23.6 Å². The van der Waals surface area contributed by atoms with Gasteiger partial charge in [0.25, 0.3) is 5.91 Å². The molecule has 0 saturated heterocycles. The molecule has 0 radical (unpaired) electrons. The monoisotopic (exact) mass is 398 g/mol. The van der Waals surface area contributed by atoms with Crippen molar-refractivity contribution in [3.05, 3.63) is 50.2 Å². The summed E-state index contributed by atoms with van der Waals surface area (Å²) in [5.74, 6) is -1.44. The zero-order valence-corrected chi connectivity index (χ0v) is 15.4. The Kier molecular flexibility index (Phi) is 5.31. The molecule has 0 atom stereocenters. The Morgan fingerprint density at radius 2 is 2.08 bits per heavy atom. The van der Waals surface area contributed by atoms with Gasteiger partial charge in [0.1, 0.15) is 12.4 Å². The number of hydrogen-bond donors (Lipinski definition) is 0. The van der Waals surface area contributed by atoms with Crippen molar-refractivity contribution in [2.24, 2.45) is 4.99 Å². The number of fused-ring (bicyclic) bond motifs is 1. The average Bonchev–Trinajstić information content (AvgIpc) is 3.12. The third kappa shape index (κ3) is 3.97. The number of benzene rings is 1. The Morgan fingerprint density at radius 3 is 2.76 bits per heavy atom. The van der Waals surface area contributed by atoms with Crippen LogP contribution in [0.5, 0.6) is 0 Å². The van der Waals surface area contributed by atoms with Crippen molar-refractivity contribution in [1.82, 2.24) is 4.57 Å². The average molecular weight is 399 g/mol. The highest BCUT2D eigenvalue weighted by molar-refractivity contribution is 7.16. The molecule has 0 N–H and O–H groups in total. The molecule has 1 aromatic carbocycles. The van der Waals surface area contributed by atoms with Gasteiger partial charge < -0.3 is 9.30 Å². The summed E-state index contributed by atoms with van der Waals surface area (Å²) >= 11 is 8.29. The first-order chi connectivity index (χ1) is 12.0. The normalized spacial score (nSPS) is 11.9. The number of ether oxygens (including phenoxy) is 1. The van der Waals surface area contributed by atoms with Crippen LogP contribution in [0.3, 0.4) is 0 Å². The number of amides is 1. The minimum absolute atomic E-state index is 0.0896. The summed E-state index contributed by atoms with van der Waals surface area (Å²) in [4.78, 5) is 29.0. The summed E-state index contributed by atoms with van der Waals surface area (Å²) < 4.78 is 21.4. The van der Waals surface area contributed by atoms with E-state index in [1.54, 1.807) is 24.3 Å². The van der Waals surface area contributed by atoms with Crippen molar-refractivity contribution in [2.45, 2.75) is 13.0 Å². The third-order valence-corrected chi connectivity index (χ3v) is 5.62. The number of thiazole rings is 1. The van der Waals surface area contributed by atoms with Crippen molar-refractivity contribution in [1.29, 1.82) is 0 Å². The Labute approximate surface area is 155 Å². The molecule has 25 heavy (non-hydrogen) atoms. The van der Waals surface area contributed by atoms with E-state index in [2.05, 4.69) is 9.73 Å². The predicted octanol–water partition coefficient (Wildman–Crippen LogP) is 3.40. The van der Waals surface area contributed by atoms with Gasteiger partial charge in [0.2, 0.25) is 0 Å². The number of methoxy groups -OCH3 is 1. The fraction of sp³-hybridized carbons (Fsp3) is 0.188. The smallest absolute Gasteiger partial charge is 0.325 e. The van der Waals surface area contributed by atoms with Gasteiger partial charge in [-0.2, -0.15) is 4.99 Å². The number of para-hydroxylation sites is 1. The molecule has 130 valence electrons. The molecule has 2 aromatic heterocycles. The Hall–Kier alpha value is -2.03. The Balaban J connectivity index is 2.04. The van der Waals surface area contributed by atoms with Crippen molar-refractivity contribution < 1.29 is 18.7 Å². The molecule has 0 aliphatic heterocycles. The first kappa shape index (κ1) is 17.8. The molecule has 0 unspecified atom stereocenters. The van der Waals surface area contributed by atoms with Crippen LogP contribution in [0, 0.1) is 5.82 Å². The van der Waals surface area contributed by atoms with Gasteiger partial charge in [0.05, 0.1) is 28.1 Å². The second kappa shape index (κ2) is 7.47. The summed E-state index contributed by atoms with van der Waals surface area (Å²) in [5, 5.41) is 0. The Bertz CT molecular complexity index is 1020. The molecule has 5 nitrogen and oxygen atoms in total. The minimum Gasteiger partial charge on any atom is -0.468 e. The molecular formula is C16H12ClFN2O3S2. The molecule has 0 spiro atoms. The number of carbonyl (C=O) groups is 2. The fourth-order valence-corrected chi connectivity index (χ4v) is 4.39. The van der Waals surface area contributed by atoms with Crippen LogP contribution >= 0.6 is 34.3 Å². The van der Waals surface area contributed by atoms with Crippen LogP contribution in [0.1, 0.15) is 4.88 Å². The van der Waals surface area contributed by atoms with Crippen molar-refractivity contribution in [2.75, 3.05) is 7.11 Å².